The van der Waals surface area contributed by atoms with Crippen molar-refractivity contribution >= 4 is 49.0 Å². The van der Waals surface area contributed by atoms with Gasteiger partial charge in [0.1, 0.15) is 23.0 Å². The molecule has 0 saturated heterocycles. The number of aromatic amines is 2. The van der Waals surface area contributed by atoms with Crippen LogP contribution in [0.2, 0.25) is 0 Å². The summed E-state index contributed by atoms with van der Waals surface area (Å²) in [5.74, 6) is 0.765. The molecular weight excluding hydrogens is 815 g/mol. The zero-order chi connectivity index (χ0) is 42.2. The number of thiazole rings is 2. The summed E-state index contributed by atoms with van der Waals surface area (Å²) in [6, 6.07) is 31.6. The van der Waals surface area contributed by atoms with E-state index in [0.717, 1.165) is 48.4 Å². The van der Waals surface area contributed by atoms with Gasteiger partial charge in [-0.1, -0.05) is 24.3 Å². The number of hydrogen-bond donors (Lipinski definition) is 3. The minimum Gasteiger partial charge on any atom is -0.366 e. The smallest absolute Gasteiger partial charge is 0.248 e. The molecule has 0 aliphatic carbocycles. The maximum atomic E-state index is 13.7. The third-order valence-electron chi connectivity index (χ3n) is 9.81. The Kier molecular flexibility index (Phi) is 10.3. The van der Waals surface area contributed by atoms with Crippen LogP contribution < -0.4 is 5.73 Å². The van der Waals surface area contributed by atoms with Crippen LogP contribution in [-0.2, 0) is 0 Å². The Labute approximate surface area is 353 Å². The van der Waals surface area contributed by atoms with Crippen LogP contribution in [-0.4, -0.2) is 55.4 Å². The quantitative estimate of drug-likeness (QED) is 0.128. The number of amides is 1. The normalized spacial score (nSPS) is 12.2. The van der Waals surface area contributed by atoms with Crippen LogP contribution in [0.5, 0.6) is 0 Å². The van der Waals surface area contributed by atoms with E-state index in [1.165, 1.54) is 23.2 Å². The maximum Gasteiger partial charge on any atom is 0.248 e. The second kappa shape index (κ2) is 16.2. The number of halogens is 2. The van der Waals surface area contributed by atoms with Gasteiger partial charge in [-0.2, -0.15) is 15.5 Å². The lowest BCUT2D eigenvalue weighted by Gasteiger charge is -2.02. The van der Waals surface area contributed by atoms with Crippen molar-refractivity contribution in [3.63, 3.8) is 0 Å². The molecule has 0 saturated carbocycles. The number of rotatable bonds is 9. The molecule has 1 amide bonds. The molecule has 10 aromatic rings. The first kappa shape index (κ1) is 38.8. The average molecular weight is 847 g/mol. The second-order valence-electron chi connectivity index (χ2n) is 13.8. The van der Waals surface area contributed by atoms with Gasteiger partial charge in [-0.15, -0.1) is 22.7 Å². The zero-order valence-corrected chi connectivity index (χ0v) is 33.9. The molecule has 0 aliphatic heterocycles. The second-order valence-corrected chi connectivity index (χ2v) is 15.6. The molecule has 2 unspecified atom stereocenters. The molecule has 10 rings (SSSR count). The van der Waals surface area contributed by atoms with Crippen LogP contribution >= 0.6 is 22.7 Å². The van der Waals surface area contributed by atoms with Crippen LogP contribution in [0.15, 0.2) is 120 Å². The van der Waals surface area contributed by atoms with Crippen molar-refractivity contribution in [2.75, 3.05) is 0 Å². The number of alkyl halides is 2. The largest absolute Gasteiger partial charge is 0.366 e. The molecule has 0 aliphatic rings. The van der Waals surface area contributed by atoms with E-state index in [1.54, 1.807) is 89.1 Å². The Bertz CT molecular complexity index is 3220. The standard InChI is InChI=1S/C22H17FN6OS.C22H15FN6S/c1-12(23)29-9-8-17(28-29)20-19(15-6-7-16-18(10-15)31-11-25-16)26-22(27-20)14-4-2-13(3-5-14)21(24)30;1-13(23)29-9-8-18(28-29)21-20(16-6-7-17-19(10-16)30-12-25-17)26-22(27-21)15-4-2-14(11-24)3-5-15/h2-12H,1H3,(H2,24,30)(H,26,27);2-10,12-13H,1H3,(H,26,27). The van der Waals surface area contributed by atoms with Crippen molar-refractivity contribution in [2.24, 2.45) is 5.73 Å². The van der Waals surface area contributed by atoms with Gasteiger partial charge in [0.25, 0.3) is 0 Å². The molecule has 13 nitrogen and oxygen atoms in total. The van der Waals surface area contributed by atoms with Crippen LogP contribution in [0.25, 0.3) is 88.5 Å². The summed E-state index contributed by atoms with van der Waals surface area (Å²) in [4.78, 5) is 36.3. The van der Waals surface area contributed by atoms with Crippen molar-refractivity contribution in [2.45, 2.75) is 26.4 Å². The number of nitriles is 1. The molecule has 61 heavy (non-hydrogen) atoms. The fourth-order valence-electron chi connectivity index (χ4n) is 6.65. The predicted molar refractivity (Wildman–Crippen MR) is 233 cm³/mol. The van der Waals surface area contributed by atoms with Crippen LogP contribution in [0.3, 0.4) is 0 Å². The summed E-state index contributed by atoms with van der Waals surface area (Å²) in [7, 11) is 0. The first-order chi connectivity index (χ1) is 29.6. The number of hydrogen-bond acceptors (Lipinski definition) is 10. The topological polar surface area (TPSA) is 186 Å². The molecule has 0 spiro atoms. The van der Waals surface area contributed by atoms with E-state index in [0.29, 0.717) is 51.2 Å². The predicted octanol–water partition coefficient (Wildman–Crippen LogP) is 10.4. The summed E-state index contributed by atoms with van der Waals surface area (Å²) in [5.41, 5.74) is 19.2. The molecule has 2 atom stereocenters. The van der Waals surface area contributed by atoms with E-state index in [4.69, 9.17) is 21.0 Å². The third-order valence-corrected chi connectivity index (χ3v) is 11.4. The molecule has 0 fully saturated rings. The van der Waals surface area contributed by atoms with Crippen LogP contribution in [0, 0.1) is 11.3 Å². The number of nitrogens with two attached hydrogens (primary N) is 1. The number of carbonyl (C=O) groups is 1. The van der Waals surface area contributed by atoms with Gasteiger partial charge in [-0.3, -0.25) is 4.79 Å². The Morgan fingerprint density at radius 3 is 1.52 bits per heavy atom. The van der Waals surface area contributed by atoms with Crippen molar-refractivity contribution in [1.82, 2.24) is 49.5 Å². The number of benzene rings is 4. The van der Waals surface area contributed by atoms with Gasteiger partial charge in [-0.25, -0.2) is 38.1 Å². The zero-order valence-electron chi connectivity index (χ0n) is 32.3. The van der Waals surface area contributed by atoms with Gasteiger partial charge in [-0.05, 0) is 86.6 Å². The summed E-state index contributed by atoms with van der Waals surface area (Å²) >= 11 is 3.12. The number of H-pyrrole nitrogens is 2. The van der Waals surface area contributed by atoms with Crippen molar-refractivity contribution in [3.05, 3.63) is 132 Å². The highest BCUT2D eigenvalue weighted by molar-refractivity contribution is 7.17. The Hall–Kier alpha value is -7.68. The molecule has 6 aromatic heterocycles. The van der Waals surface area contributed by atoms with E-state index in [9.17, 15) is 13.6 Å². The van der Waals surface area contributed by atoms with Gasteiger partial charge >= 0.3 is 0 Å². The monoisotopic (exact) mass is 846 g/mol. The van der Waals surface area contributed by atoms with Gasteiger partial charge in [0, 0.05) is 40.2 Å². The van der Waals surface area contributed by atoms with Gasteiger partial charge in [0.05, 0.1) is 65.9 Å². The summed E-state index contributed by atoms with van der Waals surface area (Å²) in [6.07, 6.45) is 0.739. The van der Waals surface area contributed by atoms with Crippen LogP contribution in [0.1, 0.15) is 42.4 Å². The minimum atomic E-state index is -1.24. The molecule has 0 bridgehead atoms. The molecule has 17 heteroatoms. The lowest BCUT2D eigenvalue weighted by molar-refractivity contribution is 0.1000. The van der Waals surface area contributed by atoms with Gasteiger partial charge < -0.3 is 15.7 Å². The van der Waals surface area contributed by atoms with E-state index in [2.05, 4.69) is 36.2 Å². The van der Waals surface area contributed by atoms with E-state index in [1.807, 2.05) is 54.0 Å². The Morgan fingerprint density at radius 1 is 0.672 bits per heavy atom. The first-order valence-electron chi connectivity index (χ1n) is 18.8. The highest BCUT2D eigenvalue weighted by Gasteiger charge is 2.21. The molecular formula is C44H32F2N12OS2. The molecule has 0 radical (unpaired) electrons. The number of imidazole rings is 2. The van der Waals surface area contributed by atoms with Crippen molar-refractivity contribution in [3.8, 4) is 74.1 Å². The lowest BCUT2D eigenvalue weighted by Crippen LogP contribution is -2.10. The molecule has 4 N–H and O–H groups in total. The summed E-state index contributed by atoms with van der Waals surface area (Å²) in [5, 5.41) is 17.8. The molecule has 6 heterocycles. The number of fused-ring (bicyclic) bond motifs is 2. The highest BCUT2D eigenvalue weighted by atomic mass is 32.1. The van der Waals surface area contributed by atoms with E-state index >= 15 is 0 Å². The van der Waals surface area contributed by atoms with Crippen LogP contribution in [0.4, 0.5) is 8.78 Å². The SMILES string of the molecule is CC(F)n1ccc(-c2[nH]c(-c3ccc(C#N)cc3)nc2-c2ccc3ncsc3c2)n1.CC(F)n1ccc(-c2[nH]c(-c3ccc(C(N)=O)cc3)nc2-c2ccc3ncsc3c2)n1. The lowest BCUT2D eigenvalue weighted by atomic mass is 10.1. The number of primary amides is 1. The fourth-order valence-corrected chi connectivity index (χ4v) is 8.08. The van der Waals surface area contributed by atoms with Gasteiger partial charge in [0.15, 0.2) is 12.6 Å². The van der Waals surface area contributed by atoms with E-state index < -0.39 is 18.5 Å². The third kappa shape index (κ3) is 7.80. The van der Waals surface area contributed by atoms with E-state index in [-0.39, 0.29) is 0 Å². The van der Waals surface area contributed by atoms with Crippen molar-refractivity contribution < 1.29 is 13.6 Å². The number of carbonyl (C=O) groups excluding carboxylic acids is 1. The average Bonchev–Trinajstić information content (AvgIpc) is 4.14. The summed E-state index contributed by atoms with van der Waals surface area (Å²) in [6.45, 7) is 2.86. The molecule has 300 valence electrons. The first-order valence-corrected chi connectivity index (χ1v) is 20.5. The van der Waals surface area contributed by atoms with Gasteiger partial charge in [0.2, 0.25) is 5.91 Å². The Morgan fingerprint density at radius 2 is 1.11 bits per heavy atom. The van der Waals surface area contributed by atoms with Crippen molar-refractivity contribution in [1.29, 1.82) is 5.26 Å². The molecule has 4 aromatic carbocycles. The highest BCUT2D eigenvalue weighted by Crippen LogP contribution is 2.36. The fraction of sp³-hybridized carbons (Fsp3) is 0.0909. The number of nitrogens with one attached hydrogen (secondary N) is 2. The minimum absolute atomic E-state index is 0.419. The number of aromatic nitrogens is 10. The Balaban J connectivity index is 0.000000156. The number of nitrogens with zero attached hydrogens (tertiary/aromatic N) is 9. The maximum absolute atomic E-state index is 13.7. The summed E-state index contributed by atoms with van der Waals surface area (Å²) < 4.78 is 32.1.